The molecule has 2 aromatic rings. The second-order valence-electron chi connectivity index (χ2n) is 6.86. The number of nitrogens with zero attached hydrogens (tertiary/aromatic N) is 4. The lowest BCUT2D eigenvalue weighted by Crippen LogP contribution is -2.34. The van der Waals surface area contributed by atoms with Crippen molar-refractivity contribution < 1.29 is 8.42 Å². The fourth-order valence-corrected chi connectivity index (χ4v) is 4.23. The van der Waals surface area contributed by atoms with Crippen LogP contribution in [-0.2, 0) is 22.9 Å². The molecule has 0 saturated carbocycles. The minimum Gasteiger partial charge on any atom is -0.285 e. The minimum atomic E-state index is -3.30. The van der Waals surface area contributed by atoms with E-state index in [2.05, 4.69) is 12.1 Å². The lowest BCUT2D eigenvalue weighted by molar-refractivity contribution is 0.310. The van der Waals surface area contributed by atoms with E-state index >= 15 is 0 Å². The van der Waals surface area contributed by atoms with Gasteiger partial charge in [-0.1, -0.05) is 60.7 Å². The smallest absolute Gasteiger partial charge is 0.152 e. The maximum absolute atomic E-state index is 12.5. The van der Waals surface area contributed by atoms with Crippen LogP contribution in [0.25, 0.3) is 0 Å². The van der Waals surface area contributed by atoms with E-state index in [1.165, 1.54) is 0 Å². The monoisotopic (exact) mass is 410 g/mol. The van der Waals surface area contributed by atoms with Crippen molar-refractivity contribution in [2.75, 3.05) is 37.7 Å². The molecule has 0 aliphatic heterocycles. The van der Waals surface area contributed by atoms with Crippen LogP contribution in [0.3, 0.4) is 0 Å². The van der Waals surface area contributed by atoms with Crippen molar-refractivity contribution in [3.8, 4) is 12.1 Å². The Hall–Kier alpha value is -2.71. The van der Waals surface area contributed by atoms with Gasteiger partial charge in [-0.2, -0.15) is 10.5 Å². The van der Waals surface area contributed by atoms with Crippen molar-refractivity contribution in [3.05, 3.63) is 71.8 Å². The molecule has 0 heterocycles. The Morgan fingerprint density at radius 3 is 1.41 bits per heavy atom. The molecule has 0 aliphatic rings. The normalized spacial score (nSPS) is 11.3. The topological polar surface area (TPSA) is 88.2 Å². The maximum Gasteiger partial charge on any atom is 0.152 e. The molecule has 0 fully saturated rings. The summed E-state index contributed by atoms with van der Waals surface area (Å²) in [7, 11) is -3.30. The molecule has 0 bridgehead atoms. The summed E-state index contributed by atoms with van der Waals surface area (Å²) in [6, 6.07) is 23.6. The van der Waals surface area contributed by atoms with Crippen LogP contribution < -0.4 is 0 Å². The van der Waals surface area contributed by atoms with Crippen LogP contribution in [0, 0.1) is 22.7 Å². The Kier molecular flexibility index (Phi) is 9.33. The molecule has 0 atom stereocenters. The second-order valence-corrected chi connectivity index (χ2v) is 9.16. The van der Waals surface area contributed by atoms with Crippen molar-refractivity contribution in [3.63, 3.8) is 0 Å². The van der Waals surface area contributed by atoms with Crippen molar-refractivity contribution in [1.29, 1.82) is 10.5 Å². The summed E-state index contributed by atoms with van der Waals surface area (Å²) in [6.45, 7) is 2.05. The van der Waals surface area contributed by atoms with E-state index < -0.39 is 9.84 Å². The first-order chi connectivity index (χ1) is 14.0. The van der Waals surface area contributed by atoms with Gasteiger partial charge in [0.05, 0.1) is 36.7 Å². The Balaban J connectivity index is 1.88. The van der Waals surface area contributed by atoms with Gasteiger partial charge < -0.3 is 0 Å². The Bertz CT molecular complexity index is 847. The van der Waals surface area contributed by atoms with Gasteiger partial charge in [0, 0.05) is 26.2 Å². The molecule has 2 aromatic carbocycles. The highest BCUT2D eigenvalue weighted by Crippen LogP contribution is 2.07. The quantitative estimate of drug-likeness (QED) is 0.500. The molecule has 0 spiro atoms. The van der Waals surface area contributed by atoms with Crippen molar-refractivity contribution >= 4 is 9.84 Å². The van der Waals surface area contributed by atoms with Crippen LogP contribution in [-0.4, -0.2) is 55.9 Å². The predicted molar refractivity (Wildman–Crippen MR) is 113 cm³/mol. The molecule has 0 N–H and O–H groups in total. The fraction of sp³-hybridized carbons (Fsp3) is 0.364. The van der Waals surface area contributed by atoms with Gasteiger partial charge in [0.1, 0.15) is 0 Å². The number of sulfone groups is 1. The van der Waals surface area contributed by atoms with Gasteiger partial charge in [-0.25, -0.2) is 8.42 Å². The molecule has 0 unspecified atom stereocenters. The zero-order chi connectivity index (χ0) is 21.0. The van der Waals surface area contributed by atoms with E-state index in [0.717, 1.165) is 11.1 Å². The van der Waals surface area contributed by atoms with Crippen LogP contribution in [0.1, 0.15) is 11.1 Å². The minimum absolute atomic E-state index is 0.00670. The van der Waals surface area contributed by atoms with Crippen LogP contribution in [0.15, 0.2) is 60.7 Å². The predicted octanol–water partition coefficient (Wildman–Crippen LogP) is 2.45. The lowest BCUT2D eigenvalue weighted by Gasteiger charge is -2.21. The molecular formula is C22H26N4O2S. The summed E-state index contributed by atoms with van der Waals surface area (Å²) >= 11 is 0. The van der Waals surface area contributed by atoms with E-state index in [1.807, 2.05) is 70.5 Å². The molecule has 0 radical (unpaired) electrons. The molecule has 0 aliphatic carbocycles. The molecule has 6 nitrogen and oxygen atoms in total. The number of hydrogen-bond donors (Lipinski definition) is 0. The van der Waals surface area contributed by atoms with Gasteiger partial charge in [-0.05, 0) is 11.1 Å². The maximum atomic E-state index is 12.5. The van der Waals surface area contributed by atoms with E-state index in [0.29, 0.717) is 26.2 Å². The standard InChI is InChI=1S/C22H26N4O2S/c23-11-13-25(19-21-7-3-1-4-8-21)15-17-29(27,28)18-16-26(14-12-24)20-22-9-5-2-6-10-22/h1-10H,13-20H2. The molecule has 0 saturated heterocycles. The largest absolute Gasteiger partial charge is 0.285 e. The molecule has 29 heavy (non-hydrogen) atoms. The number of nitriles is 2. The van der Waals surface area contributed by atoms with E-state index in [4.69, 9.17) is 10.5 Å². The molecule has 0 amide bonds. The van der Waals surface area contributed by atoms with Gasteiger partial charge in [0.25, 0.3) is 0 Å². The van der Waals surface area contributed by atoms with Gasteiger partial charge >= 0.3 is 0 Å². The van der Waals surface area contributed by atoms with Crippen LogP contribution in [0.5, 0.6) is 0 Å². The van der Waals surface area contributed by atoms with Crippen LogP contribution >= 0.6 is 0 Å². The zero-order valence-corrected chi connectivity index (χ0v) is 17.3. The van der Waals surface area contributed by atoms with Crippen LogP contribution in [0.2, 0.25) is 0 Å². The summed E-state index contributed by atoms with van der Waals surface area (Å²) in [6.07, 6.45) is 0. The van der Waals surface area contributed by atoms with Gasteiger partial charge in [-0.3, -0.25) is 9.80 Å². The summed E-state index contributed by atoms with van der Waals surface area (Å²) in [5, 5.41) is 18.1. The molecule has 152 valence electrons. The van der Waals surface area contributed by atoms with Gasteiger partial charge in [-0.15, -0.1) is 0 Å². The Morgan fingerprint density at radius 2 is 1.07 bits per heavy atom. The first-order valence-electron chi connectivity index (χ1n) is 9.49. The average Bonchev–Trinajstić information content (AvgIpc) is 2.72. The van der Waals surface area contributed by atoms with E-state index in [1.54, 1.807) is 0 Å². The first-order valence-corrected chi connectivity index (χ1v) is 11.3. The van der Waals surface area contributed by atoms with Gasteiger partial charge in [0.15, 0.2) is 9.84 Å². The zero-order valence-electron chi connectivity index (χ0n) is 16.4. The highest BCUT2D eigenvalue weighted by Gasteiger charge is 2.16. The average molecular weight is 411 g/mol. The highest BCUT2D eigenvalue weighted by atomic mass is 32.2. The molecule has 0 aromatic heterocycles. The Labute approximate surface area is 173 Å². The summed E-state index contributed by atoms with van der Waals surface area (Å²) < 4.78 is 25.1. The van der Waals surface area contributed by atoms with Crippen LogP contribution in [0.4, 0.5) is 0 Å². The third-order valence-electron chi connectivity index (χ3n) is 4.52. The summed E-state index contributed by atoms with van der Waals surface area (Å²) in [4.78, 5) is 3.67. The molecular weight excluding hydrogens is 384 g/mol. The summed E-state index contributed by atoms with van der Waals surface area (Å²) in [5.74, 6) is -0.0134. The fourth-order valence-electron chi connectivity index (χ4n) is 2.95. The number of hydrogen-bond acceptors (Lipinski definition) is 6. The summed E-state index contributed by atoms with van der Waals surface area (Å²) in [5.41, 5.74) is 2.09. The third-order valence-corrected chi connectivity index (χ3v) is 6.13. The Morgan fingerprint density at radius 1 is 0.690 bits per heavy atom. The van der Waals surface area contributed by atoms with E-state index in [-0.39, 0.29) is 24.6 Å². The van der Waals surface area contributed by atoms with E-state index in [9.17, 15) is 8.42 Å². The molecule has 2 rings (SSSR count). The number of benzene rings is 2. The first kappa shape index (κ1) is 22.6. The second kappa shape index (κ2) is 12.0. The van der Waals surface area contributed by atoms with Crippen molar-refractivity contribution in [1.82, 2.24) is 9.80 Å². The highest BCUT2D eigenvalue weighted by molar-refractivity contribution is 7.91. The van der Waals surface area contributed by atoms with Crippen molar-refractivity contribution in [2.24, 2.45) is 0 Å². The third kappa shape index (κ3) is 8.89. The lowest BCUT2D eigenvalue weighted by atomic mass is 10.2. The number of rotatable bonds is 12. The molecule has 7 heteroatoms. The SMILES string of the molecule is N#CCN(CCS(=O)(=O)CCN(CC#N)Cc1ccccc1)Cc1ccccc1. The van der Waals surface area contributed by atoms with Crippen molar-refractivity contribution in [2.45, 2.75) is 13.1 Å². The van der Waals surface area contributed by atoms with Gasteiger partial charge in [0.2, 0.25) is 0 Å².